The van der Waals surface area contributed by atoms with Crippen molar-refractivity contribution in [3.05, 3.63) is 59.7 Å². The van der Waals surface area contributed by atoms with Crippen LogP contribution in [0.25, 0.3) is 11.1 Å². The number of hydrogen-bond donors (Lipinski definition) is 2. The van der Waals surface area contributed by atoms with Crippen LogP contribution in [-0.2, 0) is 14.3 Å². The van der Waals surface area contributed by atoms with E-state index < -0.39 is 48.9 Å². The predicted molar refractivity (Wildman–Crippen MR) is 120 cm³/mol. The van der Waals surface area contributed by atoms with Gasteiger partial charge in [0.15, 0.2) is 0 Å². The number of nitrogens with zero attached hydrogens (tertiary/aromatic N) is 1. The van der Waals surface area contributed by atoms with Gasteiger partial charge in [0.2, 0.25) is 5.91 Å². The number of carbonyl (C=O) groups excluding carboxylic acids is 2. The molecule has 2 unspecified atom stereocenters. The molecule has 2 N–H and O–H groups in total. The minimum Gasteiger partial charge on any atom is -0.481 e. The van der Waals surface area contributed by atoms with Crippen LogP contribution in [0.1, 0.15) is 43.2 Å². The van der Waals surface area contributed by atoms with Crippen LogP contribution in [0.4, 0.5) is 13.6 Å². The van der Waals surface area contributed by atoms with E-state index in [0.29, 0.717) is 0 Å². The Kier molecular flexibility index (Phi) is 6.54. The quantitative estimate of drug-likeness (QED) is 0.662. The predicted octanol–water partition coefficient (Wildman–Crippen LogP) is 4.01. The second-order valence-corrected chi connectivity index (χ2v) is 8.83. The number of carboxylic acids is 1. The van der Waals surface area contributed by atoms with Crippen molar-refractivity contribution < 1.29 is 33.0 Å². The molecule has 1 aliphatic heterocycles. The summed E-state index contributed by atoms with van der Waals surface area (Å²) in [7, 11) is 0. The van der Waals surface area contributed by atoms with Crippen molar-refractivity contribution in [1.82, 2.24) is 10.2 Å². The summed E-state index contributed by atoms with van der Waals surface area (Å²) in [5.74, 6) is -5.47. The van der Waals surface area contributed by atoms with E-state index in [2.05, 4.69) is 5.32 Å². The molecule has 1 fully saturated rings. The lowest BCUT2D eigenvalue weighted by Crippen LogP contribution is -2.57. The molecule has 34 heavy (non-hydrogen) atoms. The van der Waals surface area contributed by atoms with Gasteiger partial charge in [-0.1, -0.05) is 48.5 Å². The van der Waals surface area contributed by atoms with Crippen molar-refractivity contribution in [1.29, 1.82) is 0 Å². The lowest BCUT2D eigenvalue weighted by Gasteiger charge is -2.39. The molecule has 2 aliphatic rings. The van der Waals surface area contributed by atoms with Gasteiger partial charge in [0.05, 0.1) is 13.0 Å². The van der Waals surface area contributed by atoms with Gasteiger partial charge in [0, 0.05) is 18.4 Å². The van der Waals surface area contributed by atoms with Crippen molar-refractivity contribution in [3.63, 3.8) is 0 Å². The third kappa shape index (κ3) is 4.88. The highest BCUT2D eigenvalue weighted by Gasteiger charge is 2.43. The Morgan fingerprint density at radius 1 is 1.12 bits per heavy atom. The molecule has 2 amide bonds. The molecule has 2 aromatic carbocycles. The Labute approximate surface area is 195 Å². The molecule has 0 saturated carbocycles. The third-order valence-corrected chi connectivity index (χ3v) is 6.46. The van der Waals surface area contributed by atoms with Crippen molar-refractivity contribution in [2.45, 2.75) is 50.1 Å². The van der Waals surface area contributed by atoms with E-state index in [4.69, 9.17) is 4.74 Å². The zero-order valence-corrected chi connectivity index (χ0v) is 18.7. The lowest BCUT2D eigenvalue weighted by atomic mass is 9.98. The smallest absolute Gasteiger partial charge is 0.407 e. The number of alkyl halides is 2. The lowest BCUT2D eigenvalue weighted by molar-refractivity contribution is -0.151. The van der Waals surface area contributed by atoms with E-state index in [1.165, 1.54) is 0 Å². The van der Waals surface area contributed by atoms with E-state index in [1.54, 1.807) is 6.92 Å². The van der Waals surface area contributed by atoms with Crippen molar-refractivity contribution in [2.75, 3.05) is 13.2 Å². The summed E-state index contributed by atoms with van der Waals surface area (Å²) < 4.78 is 33.2. The zero-order valence-electron chi connectivity index (χ0n) is 18.7. The number of ether oxygens (including phenoxy) is 1. The molecular formula is C25H26F2N2O5. The van der Waals surface area contributed by atoms with Crippen molar-refractivity contribution in [3.8, 4) is 11.1 Å². The van der Waals surface area contributed by atoms with E-state index >= 15 is 0 Å². The highest BCUT2D eigenvalue weighted by molar-refractivity contribution is 5.89. The van der Waals surface area contributed by atoms with Crippen LogP contribution in [0, 0.1) is 0 Å². The molecule has 4 rings (SSSR count). The number of likely N-dealkylation sites (tertiary alicyclic amines) is 1. The SMILES string of the molecule is CC1CCC(F)(F)CN1C(=O)C(CC(=O)O)NC(=O)OCC1c2ccccc2-c2ccccc21. The summed E-state index contributed by atoms with van der Waals surface area (Å²) in [6, 6.07) is 13.5. The molecule has 1 heterocycles. The first kappa shape index (κ1) is 23.7. The average molecular weight is 472 g/mol. The Hall–Kier alpha value is -3.49. The van der Waals surface area contributed by atoms with Gasteiger partial charge in [0.25, 0.3) is 5.92 Å². The highest BCUT2D eigenvalue weighted by Crippen LogP contribution is 2.44. The van der Waals surface area contributed by atoms with Crippen molar-refractivity contribution >= 4 is 18.0 Å². The number of rotatable bonds is 6. The standard InChI is InChI=1S/C25H26F2N2O5/c1-15-10-11-25(26,27)14-29(15)23(32)21(12-22(30)31)28-24(33)34-13-20-18-8-4-2-6-16(18)17-7-3-5-9-19(17)20/h2-9,15,20-21H,10-14H2,1H3,(H,28,33)(H,30,31). The van der Waals surface area contributed by atoms with Crippen LogP contribution in [-0.4, -0.2) is 59.1 Å². The maximum Gasteiger partial charge on any atom is 0.407 e. The fourth-order valence-electron chi connectivity index (χ4n) is 4.71. The molecule has 0 spiro atoms. The number of alkyl carbamates (subject to hydrolysis) is 1. The summed E-state index contributed by atoms with van der Waals surface area (Å²) >= 11 is 0. The van der Waals surface area contributed by atoms with Crippen LogP contribution in [0.5, 0.6) is 0 Å². The van der Waals surface area contributed by atoms with E-state index in [0.717, 1.165) is 27.2 Å². The van der Waals surface area contributed by atoms with Gasteiger partial charge in [-0.25, -0.2) is 13.6 Å². The zero-order chi connectivity index (χ0) is 24.5. The second kappa shape index (κ2) is 9.40. The number of hydrogen-bond acceptors (Lipinski definition) is 4. The molecular weight excluding hydrogens is 446 g/mol. The summed E-state index contributed by atoms with van der Waals surface area (Å²) in [6.07, 6.45) is -1.97. The highest BCUT2D eigenvalue weighted by atomic mass is 19.3. The Morgan fingerprint density at radius 3 is 2.29 bits per heavy atom. The molecule has 2 atom stereocenters. The number of halogens is 2. The van der Waals surface area contributed by atoms with Gasteiger partial charge in [-0.3, -0.25) is 9.59 Å². The molecule has 9 heteroatoms. The first-order valence-electron chi connectivity index (χ1n) is 11.2. The Bertz CT molecular complexity index is 1060. The first-order chi connectivity index (χ1) is 16.2. The number of carbonyl (C=O) groups is 3. The van der Waals surface area contributed by atoms with E-state index in [9.17, 15) is 28.3 Å². The van der Waals surface area contributed by atoms with Gasteiger partial charge < -0.3 is 20.1 Å². The van der Waals surface area contributed by atoms with Crippen LogP contribution in [0.2, 0.25) is 0 Å². The van der Waals surface area contributed by atoms with Crippen LogP contribution < -0.4 is 5.32 Å². The summed E-state index contributed by atoms with van der Waals surface area (Å²) in [4.78, 5) is 37.7. The number of benzene rings is 2. The summed E-state index contributed by atoms with van der Waals surface area (Å²) in [5.41, 5.74) is 4.09. The fraction of sp³-hybridized carbons (Fsp3) is 0.400. The molecule has 2 aromatic rings. The van der Waals surface area contributed by atoms with Crippen LogP contribution in [0.15, 0.2) is 48.5 Å². The number of amides is 2. The number of fused-ring (bicyclic) bond motifs is 3. The monoisotopic (exact) mass is 472 g/mol. The van der Waals surface area contributed by atoms with Gasteiger partial charge >= 0.3 is 12.1 Å². The number of aliphatic carboxylic acids is 1. The second-order valence-electron chi connectivity index (χ2n) is 8.83. The maximum absolute atomic E-state index is 13.9. The summed E-state index contributed by atoms with van der Waals surface area (Å²) in [5, 5.41) is 11.5. The molecule has 0 aromatic heterocycles. The molecule has 1 saturated heterocycles. The van der Waals surface area contributed by atoms with Crippen molar-refractivity contribution in [2.24, 2.45) is 0 Å². The number of carboxylic acid groups (broad SMARTS) is 1. The van der Waals surface area contributed by atoms with Gasteiger partial charge in [0.1, 0.15) is 12.6 Å². The molecule has 0 radical (unpaired) electrons. The fourth-order valence-corrected chi connectivity index (χ4v) is 4.71. The Morgan fingerprint density at radius 2 is 1.71 bits per heavy atom. The number of nitrogens with one attached hydrogen (secondary N) is 1. The minimum absolute atomic E-state index is 0.0218. The topological polar surface area (TPSA) is 95.9 Å². The molecule has 7 nitrogen and oxygen atoms in total. The molecule has 0 bridgehead atoms. The first-order valence-corrected chi connectivity index (χ1v) is 11.2. The third-order valence-electron chi connectivity index (χ3n) is 6.46. The Balaban J connectivity index is 1.45. The van der Waals surface area contributed by atoms with Gasteiger partial charge in [-0.2, -0.15) is 0 Å². The molecule has 180 valence electrons. The maximum atomic E-state index is 13.9. The van der Waals surface area contributed by atoms with E-state index in [-0.39, 0.29) is 25.4 Å². The summed E-state index contributed by atoms with van der Waals surface area (Å²) in [6.45, 7) is 0.791. The largest absolute Gasteiger partial charge is 0.481 e. The average Bonchev–Trinajstić information content (AvgIpc) is 3.12. The van der Waals surface area contributed by atoms with Gasteiger partial charge in [-0.15, -0.1) is 0 Å². The minimum atomic E-state index is -3.06. The normalized spacial score (nSPS) is 19.6. The van der Waals surface area contributed by atoms with E-state index in [1.807, 2.05) is 48.5 Å². The van der Waals surface area contributed by atoms with Crippen LogP contribution in [0.3, 0.4) is 0 Å². The number of piperidine rings is 1. The van der Waals surface area contributed by atoms with Crippen LogP contribution >= 0.6 is 0 Å². The molecule has 1 aliphatic carbocycles. The van der Waals surface area contributed by atoms with Gasteiger partial charge in [-0.05, 0) is 35.6 Å².